The first-order valence-corrected chi connectivity index (χ1v) is 11.6. The van der Waals surface area contributed by atoms with Gasteiger partial charge in [0.05, 0.1) is 37.2 Å². The van der Waals surface area contributed by atoms with Crippen molar-refractivity contribution >= 4 is 23.5 Å². The maximum Gasteiger partial charge on any atom is 0.310 e. The number of aliphatic hydroxyl groups excluding tert-OH is 1. The number of likely N-dealkylation sites (tertiary alicyclic amines) is 1. The number of amides is 2. The second-order valence-electron chi connectivity index (χ2n) is 9.49. The van der Waals surface area contributed by atoms with Gasteiger partial charge in [0.1, 0.15) is 17.4 Å². The third-order valence-electron chi connectivity index (χ3n) is 7.75. The predicted molar refractivity (Wildman–Crippen MR) is 123 cm³/mol. The number of aliphatic hydroxyl groups is 1. The smallest absolute Gasteiger partial charge is 0.310 e. The normalized spacial score (nSPS) is 32.4. The molecule has 1 spiro atoms. The van der Waals surface area contributed by atoms with Crippen molar-refractivity contribution in [3.05, 3.63) is 36.9 Å². The lowest BCUT2D eigenvalue weighted by molar-refractivity contribution is -0.155. The van der Waals surface area contributed by atoms with Crippen molar-refractivity contribution in [3.63, 3.8) is 0 Å². The molecule has 0 radical (unpaired) electrons. The molecule has 9 heteroatoms. The summed E-state index contributed by atoms with van der Waals surface area (Å²) in [7, 11) is 1.55. The average molecular weight is 473 g/mol. The highest BCUT2D eigenvalue weighted by molar-refractivity contribution is 6.05. The molecule has 2 bridgehead atoms. The molecule has 3 fully saturated rings. The van der Waals surface area contributed by atoms with Gasteiger partial charge >= 0.3 is 5.97 Å². The number of carboxylic acids is 1. The Morgan fingerprint density at radius 2 is 2.03 bits per heavy atom. The number of carboxylic acid groups (broad SMARTS) is 1. The van der Waals surface area contributed by atoms with Gasteiger partial charge in [0, 0.05) is 12.2 Å². The molecule has 3 saturated heterocycles. The number of carbonyl (C=O) groups is 3. The first kappa shape index (κ1) is 24.2. The SMILES string of the molecule is C=CCN(C(=O)C1N([C@@H](CC)CO)C(=O)[C@@H]2[C@@H](C(=O)O)[C@@]3(C)CCC12O3)c1ccc(OC)cc1. The van der Waals surface area contributed by atoms with Gasteiger partial charge in [-0.1, -0.05) is 13.0 Å². The molecule has 0 saturated carbocycles. The molecule has 34 heavy (non-hydrogen) atoms. The van der Waals surface area contributed by atoms with Crippen LogP contribution in [0.1, 0.15) is 33.1 Å². The van der Waals surface area contributed by atoms with Crippen LogP contribution in [0.2, 0.25) is 0 Å². The molecule has 2 amide bonds. The summed E-state index contributed by atoms with van der Waals surface area (Å²) >= 11 is 0. The number of fused-ring (bicyclic) bond motifs is 1. The minimum Gasteiger partial charge on any atom is -0.497 e. The summed E-state index contributed by atoms with van der Waals surface area (Å²) in [5.41, 5.74) is -1.70. The lowest BCUT2D eigenvalue weighted by Crippen LogP contribution is -2.59. The van der Waals surface area contributed by atoms with E-state index < -0.39 is 47.0 Å². The first-order valence-electron chi connectivity index (χ1n) is 11.6. The monoisotopic (exact) mass is 472 g/mol. The van der Waals surface area contributed by atoms with E-state index in [4.69, 9.17) is 9.47 Å². The summed E-state index contributed by atoms with van der Waals surface area (Å²) in [6.07, 6.45) is 2.83. The highest BCUT2D eigenvalue weighted by atomic mass is 16.5. The van der Waals surface area contributed by atoms with Crippen LogP contribution in [0.5, 0.6) is 5.75 Å². The number of aliphatic carboxylic acids is 1. The number of methoxy groups -OCH3 is 1. The minimum absolute atomic E-state index is 0.181. The highest BCUT2D eigenvalue weighted by Crippen LogP contribution is 2.63. The van der Waals surface area contributed by atoms with Gasteiger partial charge in [-0.25, -0.2) is 0 Å². The van der Waals surface area contributed by atoms with Crippen LogP contribution in [0.4, 0.5) is 5.69 Å². The van der Waals surface area contributed by atoms with E-state index >= 15 is 0 Å². The number of rotatable bonds is 9. The Labute approximate surface area is 198 Å². The number of hydrogen-bond donors (Lipinski definition) is 2. The molecule has 3 heterocycles. The average Bonchev–Trinajstić information content (AvgIpc) is 3.39. The molecule has 9 nitrogen and oxygen atoms in total. The molecular formula is C25H32N2O7. The summed E-state index contributed by atoms with van der Waals surface area (Å²) in [6.45, 7) is 7.16. The van der Waals surface area contributed by atoms with E-state index in [0.29, 0.717) is 30.7 Å². The van der Waals surface area contributed by atoms with Crippen LogP contribution in [-0.4, -0.2) is 76.4 Å². The minimum atomic E-state index is -1.26. The summed E-state index contributed by atoms with van der Waals surface area (Å²) in [5.74, 6) is -3.34. The molecule has 184 valence electrons. The van der Waals surface area contributed by atoms with E-state index in [1.165, 1.54) is 9.80 Å². The fourth-order valence-electron chi connectivity index (χ4n) is 6.19. The molecule has 0 aromatic heterocycles. The lowest BCUT2D eigenvalue weighted by Gasteiger charge is -2.39. The number of hydrogen-bond acceptors (Lipinski definition) is 6. The van der Waals surface area contributed by atoms with Crippen molar-refractivity contribution < 1.29 is 34.1 Å². The van der Waals surface area contributed by atoms with Crippen LogP contribution in [0.25, 0.3) is 0 Å². The Kier molecular flexibility index (Phi) is 6.20. The van der Waals surface area contributed by atoms with E-state index in [0.717, 1.165) is 0 Å². The van der Waals surface area contributed by atoms with Crippen molar-refractivity contribution in [1.82, 2.24) is 4.90 Å². The maximum absolute atomic E-state index is 14.2. The number of ether oxygens (including phenoxy) is 2. The second kappa shape index (κ2) is 8.70. The van der Waals surface area contributed by atoms with Crippen LogP contribution in [0, 0.1) is 11.8 Å². The standard InChI is InChI=1S/C25H32N2O7/c1-5-13-26(16-7-9-17(33-4)10-8-16)22(30)20-25-12-11-24(3,34-25)19(23(31)32)18(25)21(29)27(20)15(6-2)14-28/h5,7-10,15,18-20,28H,1,6,11-14H2,2-4H3,(H,31,32)/t15-,18-,19-,20?,24+,25?/m0/s1. The van der Waals surface area contributed by atoms with Gasteiger partial charge in [0.25, 0.3) is 5.91 Å². The lowest BCUT2D eigenvalue weighted by atomic mass is 9.66. The summed E-state index contributed by atoms with van der Waals surface area (Å²) in [4.78, 5) is 43.2. The number of anilines is 1. The Bertz CT molecular complexity index is 991. The molecule has 1 aromatic carbocycles. The van der Waals surface area contributed by atoms with Crippen molar-refractivity contribution in [3.8, 4) is 5.75 Å². The predicted octanol–water partition coefficient (Wildman–Crippen LogP) is 1.83. The molecule has 0 aliphatic carbocycles. The van der Waals surface area contributed by atoms with Crippen LogP contribution < -0.4 is 9.64 Å². The zero-order chi connectivity index (χ0) is 24.8. The fourth-order valence-corrected chi connectivity index (χ4v) is 6.19. The number of benzene rings is 1. The first-order chi connectivity index (χ1) is 16.2. The third kappa shape index (κ3) is 3.32. The topological polar surface area (TPSA) is 117 Å². The Balaban J connectivity index is 1.83. The number of carbonyl (C=O) groups excluding carboxylic acids is 2. The zero-order valence-corrected chi connectivity index (χ0v) is 19.8. The van der Waals surface area contributed by atoms with Gasteiger partial charge in [-0.15, -0.1) is 6.58 Å². The van der Waals surface area contributed by atoms with Gasteiger partial charge < -0.3 is 29.5 Å². The molecule has 2 unspecified atom stereocenters. The van der Waals surface area contributed by atoms with Crippen molar-refractivity contribution in [2.75, 3.05) is 25.2 Å². The van der Waals surface area contributed by atoms with E-state index in [2.05, 4.69) is 6.58 Å². The van der Waals surface area contributed by atoms with E-state index in [1.807, 2.05) is 6.92 Å². The van der Waals surface area contributed by atoms with E-state index in [-0.39, 0.29) is 19.1 Å². The Hall–Kier alpha value is -2.91. The maximum atomic E-state index is 14.2. The largest absolute Gasteiger partial charge is 0.497 e. The van der Waals surface area contributed by atoms with Gasteiger partial charge in [-0.05, 0) is 50.5 Å². The van der Waals surface area contributed by atoms with Crippen molar-refractivity contribution in [1.29, 1.82) is 0 Å². The molecule has 3 aliphatic rings. The van der Waals surface area contributed by atoms with Crippen LogP contribution in [-0.2, 0) is 19.1 Å². The number of nitrogens with zero attached hydrogens (tertiary/aromatic N) is 2. The quantitative estimate of drug-likeness (QED) is 0.527. The summed E-state index contributed by atoms with van der Waals surface area (Å²) < 4.78 is 11.6. The van der Waals surface area contributed by atoms with Gasteiger partial charge in [-0.2, -0.15) is 0 Å². The third-order valence-corrected chi connectivity index (χ3v) is 7.75. The highest BCUT2D eigenvalue weighted by Gasteiger charge is 2.78. The second-order valence-corrected chi connectivity index (χ2v) is 9.49. The summed E-state index contributed by atoms with van der Waals surface area (Å²) in [5, 5.41) is 20.1. The van der Waals surface area contributed by atoms with Crippen molar-refractivity contribution in [2.45, 2.75) is 56.4 Å². The molecule has 4 rings (SSSR count). The zero-order valence-electron chi connectivity index (χ0n) is 19.8. The van der Waals surface area contributed by atoms with E-state index in [1.54, 1.807) is 44.4 Å². The molecule has 2 N–H and O–H groups in total. The van der Waals surface area contributed by atoms with Gasteiger partial charge in [0.2, 0.25) is 5.91 Å². The van der Waals surface area contributed by atoms with Crippen LogP contribution >= 0.6 is 0 Å². The van der Waals surface area contributed by atoms with Crippen molar-refractivity contribution in [2.24, 2.45) is 11.8 Å². The fraction of sp³-hybridized carbons (Fsp3) is 0.560. The molecular weight excluding hydrogens is 440 g/mol. The van der Waals surface area contributed by atoms with E-state index in [9.17, 15) is 24.6 Å². The molecule has 1 aromatic rings. The van der Waals surface area contributed by atoms with Gasteiger partial charge in [0.15, 0.2) is 0 Å². The van der Waals surface area contributed by atoms with Crippen LogP contribution in [0.3, 0.4) is 0 Å². The van der Waals surface area contributed by atoms with Crippen LogP contribution in [0.15, 0.2) is 36.9 Å². The van der Waals surface area contributed by atoms with Gasteiger partial charge in [-0.3, -0.25) is 14.4 Å². The Morgan fingerprint density at radius 3 is 2.56 bits per heavy atom. The Morgan fingerprint density at radius 1 is 1.35 bits per heavy atom. The molecule has 3 aliphatic heterocycles. The molecule has 6 atom stereocenters. The summed E-state index contributed by atoms with van der Waals surface area (Å²) in [6, 6.07) is 5.27.